The van der Waals surface area contributed by atoms with Crippen molar-refractivity contribution in [3.05, 3.63) is 54.1 Å². The molecule has 2 N–H and O–H groups in total. The normalized spacial score (nSPS) is 18.0. The molecule has 1 amide bonds. The van der Waals surface area contributed by atoms with Crippen LogP contribution in [0.4, 0.5) is 10.5 Å². The molecule has 2 aliphatic rings. The van der Waals surface area contributed by atoms with E-state index in [-0.39, 0.29) is 11.7 Å². The Kier molecular flexibility index (Phi) is 4.39. The Bertz CT molecular complexity index is 1030. The van der Waals surface area contributed by atoms with Crippen LogP contribution >= 0.6 is 11.6 Å². The van der Waals surface area contributed by atoms with Gasteiger partial charge in [-0.15, -0.1) is 0 Å². The minimum atomic E-state index is -0.389. The summed E-state index contributed by atoms with van der Waals surface area (Å²) in [6.07, 6.45) is 8.42. The first kappa shape index (κ1) is 18.0. The van der Waals surface area contributed by atoms with Crippen molar-refractivity contribution in [2.24, 2.45) is 0 Å². The smallest absolute Gasteiger partial charge is 0.407 e. The quantitative estimate of drug-likeness (QED) is 0.686. The van der Waals surface area contributed by atoms with Gasteiger partial charge in [0, 0.05) is 55.6 Å². The van der Waals surface area contributed by atoms with E-state index in [1.165, 1.54) is 0 Å². The molecular weight excluding hydrogens is 390 g/mol. The van der Waals surface area contributed by atoms with Gasteiger partial charge in [-0.25, -0.2) is 4.79 Å². The Morgan fingerprint density at radius 2 is 1.79 bits per heavy atom. The van der Waals surface area contributed by atoms with E-state index in [4.69, 9.17) is 16.3 Å². The van der Waals surface area contributed by atoms with Crippen molar-refractivity contribution in [2.75, 3.05) is 24.5 Å². The molecule has 8 heteroatoms. The minimum absolute atomic E-state index is 0.321. The summed E-state index contributed by atoms with van der Waals surface area (Å²) in [7, 11) is 0. The van der Waals surface area contributed by atoms with Gasteiger partial charge in [0.1, 0.15) is 5.60 Å². The zero-order chi connectivity index (χ0) is 19.8. The Morgan fingerprint density at radius 1 is 1.03 bits per heavy atom. The number of alkyl carbamates (subject to hydrolysis) is 1. The lowest BCUT2D eigenvalue weighted by Crippen LogP contribution is -2.46. The number of ether oxygens (including phenoxy) is 1. The number of carbonyl (C=O) groups excluding carboxylic acids is 1. The number of anilines is 1. The zero-order valence-corrected chi connectivity index (χ0v) is 16.4. The van der Waals surface area contributed by atoms with E-state index in [9.17, 15) is 4.79 Å². The van der Waals surface area contributed by atoms with Crippen LogP contribution in [-0.4, -0.2) is 46.5 Å². The van der Waals surface area contributed by atoms with Crippen LogP contribution in [0, 0.1) is 0 Å². The van der Waals surface area contributed by atoms with Gasteiger partial charge in [0.2, 0.25) is 0 Å². The highest BCUT2D eigenvalue weighted by atomic mass is 35.5. The summed E-state index contributed by atoms with van der Waals surface area (Å²) in [5, 5.41) is 10.2. The van der Waals surface area contributed by atoms with Crippen molar-refractivity contribution >= 4 is 23.4 Å². The third-order valence-electron chi connectivity index (χ3n) is 5.76. The van der Waals surface area contributed by atoms with Crippen LogP contribution in [0.1, 0.15) is 12.8 Å². The number of carbonyl (C=O) groups is 1. The molecule has 0 saturated carbocycles. The number of nitrogens with zero attached hydrogens (tertiary/aromatic N) is 3. The van der Waals surface area contributed by atoms with Gasteiger partial charge in [0.05, 0.1) is 23.5 Å². The molecule has 7 nitrogen and oxygen atoms in total. The number of piperidine rings is 1. The summed E-state index contributed by atoms with van der Waals surface area (Å²) in [6, 6.07) is 8.29. The fraction of sp³-hybridized carbons (Fsp3) is 0.286. The number of aromatic nitrogens is 3. The van der Waals surface area contributed by atoms with Crippen molar-refractivity contribution in [2.45, 2.75) is 18.4 Å². The number of rotatable bonds is 3. The summed E-state index contributed by atoms with van der Waals surface area (Å²) in [5.74, 6) is 0. The van der Waals surface area contributed by atoms with Crippen LogP contribution in [0.25, 0.3) is 22.3 Å². The average Bonchev–Trinajstić information content (AvgIpc) is 3.40. The second-order valence-electron chi connectivity index (χ2n) is 7.49. The summed E-state index contributed by atoms with van der Waals surface area (Å²) in [4.78, 5) is 18.1. The van der Waals surface area contributed by atoms with Crippen molar-refractivity contribution in [1.82, 2.24) is 20.5 Å². The van der Waals surface area contributed by atoms with Crippen LogP contribution in [-0.2, 0) is 4.74 Å². The predicted octanol–water partition coefficient (Wildman–Crippen LogP) is 3.87. The molecule has 0 unspecified atom stereocenters. The maximum absolute atomic E-state index is 11.5. The van der Waals surface area contributed by atoms with E-state index in [0.29, 0.717) is 11.6 Å². The lowest BCUT2D eigenvalue weighted by Gasteiger charge is -2.39. The number of pyridine rings is 1. The number of aromatic amines is 1. The molecule has 0 bridgehead atoms. The molecule has 2 fully saturated rings. The molecule has 1 spiro atoms. The number of amides is 1. The second kappa shape index (κ2) is 7.08. The molecule has 4 heterocycles. The molecule has 29 heavy (non-hydrogen) atoms. The highest BCUT2D eigenvalue weighted by Gasteiger charge is 2.43. The summed E-state index contributed by atoms with van der Waals surface area (Å²) in [6.45, 7) is 2.10. The first-order chi connectivity index (χ1) is 14.1. The Morgan fingerprint density at radius 3 is 2.45 bits per heavy atom. The molecular formula is C21H20ClN5O2. The number of hydrogen-bond donors (Lipinski definition) is 2. The van der Waals surface area contributed by atoms with Gasteiger partial charge in [-0.3, -0.25) is 10.1 Å². The Labute approximate surface area is 173 Å². The molecule has 5 rings (SSSR count). The summed E-state index contributed by atoms with van der Waals surface area (Å²) in [5.41, 5.74) is 4.77. The van der Waals surface area contributed by atoms with Crippen LogP contribution in [0.15, 0.2) is 49.1 Å². The van der Waals surface area contributed by atoms with Crippen LogP contribution < -0.4 is 10.2 Å². The largest absolute Gasteiger partial charge is 0.441 e. The first-order valence-corrected chi connectivity index (χ1v) is 9.96. The summed E-state index contributed by atoms with van der Waals surface area (Å²) >= 11 is 6.59. The Hall–Kier alpha value is -3.06. The number of hydrogen-bond acceptors (Lipinski definition) is 5. The number of benzene rings is 1. The molecule has 3 aromatic rings. The molecule has 1 aromatic carbocycles. The first-order valence-electron chi connectivity index (χ1n) is 9.58. The predicted molar refractivity (Wildman–Crippen MR) is 111 cm³/mol. The van der Waals surface area contributed by atoms with E-state index >= 15 is 0 Å². The fourth-order valence-electron chi connectivity index (χ4n) is 4.13. The number of H-pyrrole nitrogens is 1. The average molecular weight is 410 g/mol. The molecule has 0 radical (unpaired) electrons. The second-order valence-corrected chi connectivity index (χ2v) is 7.90. The molecule has 0 atom stereocenters. The van der Waals surface area contributed by atoms with Gasteiger partial charge < -0.3 is 15.0 Å². The van der Waals surface area contributed by atoms with Crippen LogP contribution in [0.3, 0.4) is 0 Å². The van der Waals surface area contributed by atoms with Crippen LogP contribution in [0.2, 0.25) is 5.02 Å². The highest BCUT2D eigenvalue weighted by Crippen LogP contribution is 2.40. The van der Waals surface area contributed by atoms with Gasteiger partial charge in [-0.05, 0) is 11.1 Å². The molecule has 2 aromatic heterocycles. The molecule has 148 valence electrons. The van der Waals surface area contributed by atoms with Crippen molar-refractivity contribution in [3.63, 3.8) is 0 Å². The van der Waals surface area contributed by atoms with Crippen molar-refractivity contribution in [3.8, 4) is 22.3 Å². The Balaban J connectivity index is 1.43. The maximum atomic E-state index is 11.5. The van der Waals surface area contributed by atoms with Gasteiger partial charge in [0.15, 0.2) is 0 Å². The third-order valence-corrected chi connectivity index (χ3v) is 6.03. The van der Waals surface area contributed by atoms with Gasteiger partial charge in [-0.1, -0.05) is 35.9 Å². The van der Waals surface area contributed by atoms with E-state index < -0.39 is 0 Å². The van der Waals surface area contributed by atoms with Crippen LogP contribution in [0.5, 0.6) is 0 Å². The standard InChI is InChI=1S/C21H20ClN5O2/c22-18-12-23-11-17(15-3-1-14(2-4-15)16-9-25-26-10-16)19(18)27-7-5-21(6-8-27)13-24-20(28)29-21/h1-4,9-12H,5-8,13H2,(H,24,28)(H,25,26). The monoisotopic (exact) mass is 409 g/mol. The SMILES string of the molecule is O=C1NCC2(CCN(c3c(Cl)cncc3-c3ccc(-c4cn[nH]c4)cc3)CC2)O1. The zero-order valence-electron chi connectivity index (χ0n) is 15.7. The third kappa shape index (κ3) is 3.31. The highest BCUT2D eigenvalue weighted by molar-refractivity contribution is 6.33. The van der Waals surface area contributed by atoms with E-state index in [2.05, 4.69) is 49.7 Å². The van der Waals surface area contributed by atoms with Gasteiger partial charge in [-0.2, -0.15) is 5.10 Å². The lowest BCUT2D eigenvalue weighted by molar-refractivity contribution is 0.0367. The molecule has 2 aliphatic heterocycles. The van der Waals surface area contributed by atoms with Crippen molar-refractivity contribution < 1.29 is 9.53 Å². The summed E-state index contributed by atoms with van der Waals surface area (Å²) < 4.78 is 5.54. The maximum Gasteiger partial charge on any atom is 0.407 e. The van der Waals surface area contributed by atoms with Gasteiger partial charge in [0.25, 0.3) is 0 Å². The number of nitrogens with one attached hydrogen (secondary N) is 2. The topological polar surface area (TPSA) is 83.1 Å². The lowest BCUT2D eigenvalue weighted by atomic mass is 9.91. The van der Waals surface area contributed by atoms with E-state index in [1.54, 1.807) is 12.4 Å². The van der Waals surface area contributed by atoms with Gasteiger partial charge >= 0.3 is 6.09 Å². The molecule has 0 aliphatic carbocycles. The van der Waals surface area contributed by atoms with E-state index in [1.807, 2.05) is 12.4 Å². The van der Waals surface area contributed by atoms with Crippen molar-refractivity contribution in [1.29, 1.82) is 0 Å². The molecule has 2 saturated heterocycles. The fourth-order valence-corrected chi connectivity index (χ4v) is 4.41. The minimum Gasteiger partial charge on any atom is -0.441 e. The van der Waals surface area contributed by atoms with E-state index in [0.717, 1.165) is 53.9 Å². The number of halogens is 1.